The van der Waals surface area contributed by atoms with Gasteiger partial charge in [0.15, 0.2) is 16.3 Å². The molecule has 0 atom stereocenters. The number of amides is 1. The normalized spacial score (nSPS) is 11.6. The number of hydrogen-bond donors (Lipinski definition) is 0. The topological polar surface area (TPSA) is 80.5 Å². The molecule has 2 aromatic carbocycles. The smallest absolute Gasteiger partial charge is 0.279 e. The summed E-state index contributed by atoms with van der Waals surface area (Å²) < 4.78 is 29.8. The Balaban J connectivity index is 2.10. The van der Waals surface area contributed by atoms with E-state index >= 15 is 0 Å². The molecule has 9 heteroatoms. The van der Waals surface area contributed by atoms with Crippen molar-refractivity contribution in [3.05, 3.63) is 40.7 Å². The number of fused-ring (bicyclic) bond motifs is 1. The lowest BCUT2D eigenvalue weighted by atomic mass is 10.1. The number of hydrogen-bond acceptors (Lipinski definition) is 7. The average molecular weight is 447 g/mol. The van der Waals surface area contributed by atoms with Gasteiger partial charge in [0.25, 0.3) is 5.91 Å². The summed E-state index contributed by atoms with van der Waals surface area (Å²) in [6.45, 7) is 3.65. The first-order valence-corrected chi connectivity index (χ1v) is 10.5. The molecular weight excluding hydrogens is 420 g/mol. The fourth-order valence-electron chi connectivity index (χ4n) is 3.14. The molecule has 0 N–H and O–H groups in total. The van der Waals surface area contributed by atoms with Crippen LogP contribution < -0.4 is 23.7 Å². The minimum atomic E-state index is -0.414. The molecule has 0 saturated heterocycles. The Morgan fingerprint density at radius 1 is 1.00 bits per heavy atom. The molecule has 0 aliphatic heterocycles. The molecule has 0 spiro atoms. The lowest BCUT2D eigenvalue weighted by Gasteiger charge is -2.12. The SMILES string of the molecule is CCOCCn1c(=NC(=O)c2cc(OC)c(OC)c(OC)c2)sc2cc(OC)ccc21. The van der Waals surface area contributed by atoms with Crippen molar-refractivity contribution in [2.75, 3.05) is 41.7 Å². The third-order valence-electron chi connectivity index (χ3n) is 4.66. The first kappa shape index (κ1) is 22.6. The quantitative estimate of drug-likeness (QED) is 0.468. The van der Waals surface area contributed by atoms with Gasteiger partial charge >= 0.3 is 0 Å². The van der Waals surface area contributed by atoms with Crippen LogP contribution in [-0.4, -0.2) is 52.1 Å². The van der Waals surface area contributed by atoms with E-state index in [-0.39, 0.29) is 0 Å². The first-order valence-electron chi connectivity index (χ1n) is 9.70. The third-order valence-corrected chi connectivity index (χ3v) is 5.70. The standard InChI is InChI=1S/C22H26N2O6S/c1-6-30-10-9-24-16-8-7-15(26-2)13-19(16)31-22(24)23-21(25)14-11-17(27-3)20(29-5)18(12-14)28-4/h7-8,11-13H,6,9-10H2,1-5H3. The van der Waals surface area contributed by atoms with Crippen LogP contribution in [0.5, 0.6) is 23.0 Å². The molecule has 0 aliphatic carbocycles. The van der Waals surface area contributed by atoms with Crippen LogP contribution in [0.4, 0.5) is 0 Å². The molecule has 166 valence electrons. The van der Waals surface area contributed by atoms with Gasteiger partial charge < -0.3 is 28.3 Å². The second kappa shape index (κ2) is 10.3. The van der Waals surface area contributed by atoms with Gasteiger partial charge in [-0.25, -0.2) is 0 Å². The number of thiazole rings is 1. The van der Waals surface area contributed by atoms with Crippen LogP contribution in [-0.2, 0) is 11.3 Å². The van der Waals surface area contributed by atoms with E-state index in [0.717, 1.165) is 16.0 Å². The van der Waals surface area contributed by atoms with E-state index in [2.05, 4.69) is 4.99 Å². The van der Waals surface area contributed by atoms with Crippen LogP contribution in [0.25, 0.3) is 10.2 Å². The molecule has 0 saturated carbocycles. The Hall–Kier alpha value is -3.04. The number of aromatic nitrogens is 1. The minimum Gasteiger partial charge on any atom is -0.497 e. The maximum absolute atomic E-state index is 13.1. The molecule has 3 aromatic rings. The zero-order chi connectivity index (χ0) is 22.4. The Morgan fingerprint density at radius 3 is 2.29 bits per heavy atom. The minimum absolute atomic E-state index is 0.334. The van der Waals surface area contributed by atoms with Crippen LogP contribution >= 0.6 is 11.3 Å². The van der Waals surface area contributed by atoms with E-state index in [1.165, 1.54) is 32.7 Å². The highest BCUT2D eigenvalue weighted by Gasteiger charge is 2.17. The van der Waals surface area contributed by atoms with Gasteiger partial charge in [0.2, 0.25) is 5.75 Å². The number of methoxy groups -OCH3 is 4. The van der Waals surface area contributed by atoms with Crippen molar-refractivity contribution in [1.29, 1.82) is 0 Å². The zero-order valence-electron chi connectivity index (χ0n) is 18.3. The van der Waals surface area contributed by atoms with Gasteiger partial charge in [-0.05, 0) is 37.3 Å². The Bertz CT molecular complexity index is 1110. The van der Waals surface area contributed by atoms with Crippen molar-refractivity contribution in [2.24, 2.45) is 4.99 Å². The largest absolute Gasteiger partial charge is 0.497 e. The summed E-state index contributed by atoms with van der Waals surface area (Å²) in [5, 5.41) is 0. The maximum atomic E-state index is 13.1. The van der Waals surface area contributed by atoms with Gasteiger partial charge in [-0.3, -0.25) is 4.79 Å². The molecular formula is C22H26N2O6S. The second-order valence-electron chi connectivity index (χ2n) is 6.40. The van der Waals surface area contributed by atoms with Crippen molar-refractivity contribution < 1.29 is 28.5 Å². The van der Waals surface area contributed by atoms with E-state index in [9.17, 15) is 4.79 Å². The summed E-state index contributed by atoms with van der Waals surface area (Å²) in [7, 11) is 6.14. The summed E-state index contributed by atoms with van der Waals surface area (Å²) in [4.78, 5) is 18.0. The summed E-state index contributed by atoms with van der Waals surface area (Å²) in [5.41, 5.74) is 1.29. The molecule has 0 unspecified atom stereocenters. The zero-order valence-corrected chi connectivity index (χ0v) is 19.1. The lowest BCUT2D eigenvalue weighted by molar-refractivity contribution is 0.0996. The van der Waals surface area contributed by atoms with E-state index in [1.807, 2.05) is 29.7 Å². The van der Waals surface area contributed by atoms with E-state index in [0.29, 0.717) is 47.4 Å². The lowest BCUT2D eigenvalue weighted by Crippen LogP contribution is -2.19. The average Bonchev–Trinajstić information content (AvgIpc) is 3.13. The number of nitrogens with zero attached hydrogens (tertiary/aromatic N) is 2. The van der Waals surface area contributed by atoms with Crippen LogP contribution in [0.1, 0.15) is 17.3 Å². The molecule has 1 heterocycles. The van der Waals surface area contributed by atoms with Gasteiger partial charge in [-0.1, -0.05) is 11.3 Å². The van der Waals surface area contributed by atoms with Gasteiger partial charge in [0.1, 0.15) is 5.75 Å². The molecule has 0 fully saturated rings. The third kappa shape index (κ3) is 4.83. The fourth-order valence-corrected chi connectivity index (χ4v) is 4.22. The van der Waals surface area contributed by atoms with Crippen LogP contribution in [0, 0.1) is 0 Å². The molecule has 8 nitrogen and oxygen atoms in total. The Kier molecular flexibility index (Phi) is 7.54. The van der Waals surface area contributed by atoms with Gasteiger partial charge in [0, 0.05) is 18.7 Å². The monoisotopic (exact) mass is 446 g/mol. The predicted octanol–water partition coefficient (Wildman–Crippen LogP) is 3.51. The number of carbonyl (C=O) groups excluding carboxylic acids is 1. The number of rotatable bonds is 9. The molecule has 3 rings (SSSR count). The summed E-state index contributed by atoms with van der Waals surface area (Å²) in [6, 6.07) is 8.96. The highest BCUT2D eigenvalue weighted by molar-refractivity contribution is 7.16. The van der Waals surface area contributed by atoms with E-state index in [1.54, 1.807) is 19.2 Å². The highest BCUT2D eigenvalue weighted by atomic mass is 32.1. The molecule has 31 heavy (non-hydrogen) atoms. The Labute approximate surface area is 184 Å². The molecule has 0 radical (unpaired) electrons. The van der Waals surface area contributed by atoms with Crippen molar-refractivity contribution in [3.63, 3.8) is 0 Å². The van der Waals surface area contributed by atoms with Crippen molar-refractivity contribution in [3.8, 4) is 23.0 Å². The second-order valence-corrected chi connectivity index (χ2v) is 7.41. The fraction of sp³-hybridized carbons (Fsp3) is 0.364. The van der Waals surface area contributed by atoms with Crippen LogP contribution in [0.3, 0.4) is 0 Å². The van der Waals surface area contributed by atoms with Crippen LogP contribution in [0.15, 0.2) is 35.3 Å². The highest BCUT2D eigenvalue weighted by Crippen LogP contribution is 2.38. The predicted molar refractivity (Wildman–Crippen MR) is 119 cm³/mol. The first-order chi connectivity index (χ1) is 15.1. The van der Waals surface area contributed by atoms with Gasteiger partial charge in [0.05, 0.1) is 45.3 Å². The van der Waals surface area contributed by atoms with Crippen LogP contribution in [0.2, 0.25) is 0 Å². The van der Waals surface area contributed by atoms with Crippen molar-refractivity contribution in [2.45, 2.75) is 13.5 Å². The number of ether oxygens (including phenoxy) is 5. The number of carbonyl (C=O) groups is 1. The molecule has 0 aliphatic rings. The van der Waals surface area contributed by atoms with Gasteiger partial charge in [-0.15, -0.1) is 0 Å². The summed E-state index contributed by atoms with van der Waals surface area (Å²) in [5.74, 6) is 1.54. The van der Waals surface area contributed by atoms with Crippen molar-refractivity contribution in [1.82, 2.24) is 4.57 Å². The number of benzene rings is 2. The molecule has 1 amide bonds. The van der Waals surface area contributed by atoms with Crippen molar-refractivity contribution >= 4 is 27.5 Å². The molecule has 0 bridgehead atoms. The Morgan fingerprint density at radius 2 is 1.71 bits per heavy atom. The maximum Gasteiger partial charge on any atom is 0.279 e. The summed E-state index contributed by atoms with van der Waals surface area (Å²) >= 11 is 1.41. The van der Waals surface area contributed by atoms with E-state index < -0.39 is 5.91 Å². The molecule has 1 aromatic heterocycles. The van der Waals surface area contributed by atoms with E-state index in [4.69, 9.17) is 23.7 Å². The summed E-state index contributed by atoms with van der Waals surface area (Å²) in [6.07, 6.45) is 0. The van der Waals surface area contributed by atoms with Gasteiger partial charge in [-0.2, -0.15) is 4.99 Å².